The number of hydrogen-bond donors (Lipinski definition) is 1. The lowest BCUT2D eigenvalue weighted by Crippen LogP contribution is -2.10. The molecule has 0 amide bonds. The molecule has 0 atom stereocenters. The molecule has 1 N–H and O–H groups in total. The van der Waals surface area contributed by atoms with Gasteiger partial charge in [0.1, 0.15) is 0 Å². The first kappa shape index (κ1) is 12.4. The van der Waals surface area contributed by atoms with Crippen molar-refractivity contribution in [3.8, 4) is 0 Å². The van der Waals surface area contributed by atoms with Crippen LogP contribution in [0.25, 0.3) is 0 Å². The maximum atomic E-state index is 11.0. The third kappa shape index (κ3) is 7.80. The standard InChI is InChI=1S/C8H16O4S/c1-2-3-4-8-13(10,11)12-7-5-6-9/h5-6,9H,2-4,7-8H2,1H3. The lowest BCUT2D eigenvalue weighted by Gasteiger charge is -2.01. The van der Waals surface area contributed by atoms with E-state index in [1.165, 1.54) is 6.08 Å². The van der Waals surface area contributed by atoms with Gasteiger partial charge in [0.15, 0.2) is 0 Å². The molecule has 4 nitrogen and oxygen atoms in total. The van der Waals surface area contributed by atoms with Crippen molar-refractivity contribution in [3.63, 3.8) is 0 Å². The molecule has 0 fully saturated rings. The average Bonchev–Trinajstić information content (AvgIpc) is 2.05. The Hall–Kier alpha value is -0.550. The van der Waals surface area contributed by atoms with E-state index in [2.05, 4.69) is 4.18 Å². The minimum absolute atomic E-state index is 0.0557. The highest BCUT2D eigenvalue weighted by atomic mass is 32.2. The molecule has 0 spiro atoms. The smallest absolute Gasteiger partial charge is 0.267 e. The van der Waals surface area contributed by atoms with E-state index in [4.69, 9.17) is 5.11 Å². The lowest BCUT2D eigenvalue weighted by molar-refractivity contribution is 0.351. The summed E-state index contributed by atoms with van der Waals surface area (Å²) in [7, 11) is -3.39. The van der Waals surface area contributed by atoms with Gasteiger partial charge in [0.25, 0.3) is 10.1 Å². The molecule has 0 saturated heterocycles. The van der Waals surface area contributed by atoms with E-state index in [1.807, 2.05) is 6.92 Å². The molecule has 0 aromatic carbocycles. The number of hydrogen-bond acceptors (Lipinski definition) is 4. The van der Waals surface area contributed by atoms with Crippen LogP contribution < -0.4 is 0 Å². The molecule has 0 aliphatic rings. The molecule has 0 heterocycles. The van der Waals surface area contributed by atoms with Crippen molar-refractivity contribution < 1.29 is 17.7 Å². The van der Waals surface area contributed by atoms with Crippen LogP contribution in [0.15, 0.2) is 12.3 Å². The second-order valence-electron chi connectivity index (χ2n) is 2.64. The summed E-state index contributed by atoms with van der Waals surface area (Å²) in [4.78, 5) is 0. The maximum Gasteiger partial charge on any atom is 0.267 e. The zero-order valence-corrected chi connectivity index (χ0v) is 8.59. The molecule has 0 aliphatic carbocycles. The van der Waals surface area contributed by atoms with Gasteiger partial charge in [0, 0.05) is 0 Å². The summed E-state index contributed by atoms with van der Waals surface area (Å²) in [6.07, 6.45) is 4.49. The molecule has 13 heavy (non-hydrogen) atoms. The Balaban J connectivity index is 3.68. The van der Waals surface area contributed by atoms with E-state index >= 15 is 0 Å². The Morgan fingerprint density at radius 2 is 2.08 bits per heavy atom. The topological polar surface area (TPSA) is 63.6 Å². The van der Waals surface area contributed by atoms with Gasteiger partial charge in [-0.15, -0.1) is 0 Å². The van der Waals surface area contributed by atoms with Crippen molar-refractivity contribution >= 4 is 10.1 Å². The molecule has 0 radical (unpaired) electrons. The van der Waals surface area contributed by atoms with Crippen molar-refractivity contribution in [1.82, 2.24) is 0 Å². The van der Waals surface area contributed by atoms with E-state index in [9.17, 15) is 8.42 Å². The van der Waals surface area contributed by atoms with Crippen LogP contribution >= 0.6 is 0 Å². The average molecular weight is 208 g/mol. The Bertz CT molecular complexity index is 231. The van der Waals surface area contributed by atoms with Gasteiger partial charge >= 0.3 is 0 Å². The third-order valence-electron chi connectivity index (χ3n) is 1.45. The third-order valence-corrected chi connectivity index (χ3v) is 2.73. The second-order valence-corrected chi connectivity index (χ2v) is 4.40. The largest absolute Gasteiger partial charge is 0.516 e. The van der Waals surface area contributed by atoms with Crippen molar-refractivity contribution in [2.45, 2.75) is 26.2 Å². The first-order valence-corrected chi connectivity index (χ1v) is 5.86. The van der Waals surface area contributed by atoms with Crippen LogP contribution in [-0.4, -0.2) is 25.9 Å². The zero-order valence-electron chi connectivity index (χ0n) is 7.77. The predicted molar refractivity (Wildman–Crippen MR) is 51.0 cm³/mol. The molecule has 78 valence electrons. The fourth-order valence-corrected chi connectivity index (χ4v) is 1.74. The van der Waals surface area contributed by atoms with E-state index in [-0.39, 0.29) is 12.4 Å². The summed E-state index contributed by atoms with van der Waals surface area (Å²) in [5, 5.41) is 8.22. The van der Waals surface area contributed by atoms with Crippen LogP contribution in [0.5, 0.6) is 0 Å². The Morgan fingerprint density at radius 3 is 2.62 bits per heavy atom. The highest BCUT2D eigenvalue weighted by molar-refractivity contribution is 7.86. The SMILES string of the molecule is CCCCCS(=O)(=O)OCC=CO. The van der Waals surface area contributed by atoms with Crippen molar-refractivity contribution in [2.75, 3.05) is 12.4 Å². The summed E-state index contributed by atoms with van der Waals surface area (Å²) in [5.41, 5.74) is 0. The van der Waals surface area contributed by atoms with Crippen LogP contribution in [0.2, 0.25) is 0 Å². The quantitative estimate of drug-likeness (QED) is 0.392. The Labute approximate surface area is 79.3 Å². The van der Waals surface area contributed by atoms with Crippen molar-refractivity contribution in [1.29, 1.82) is 0 Å². The normalized spacial score (nSPS) is 12.4. The van der Waals surface area contributed by atoms with Crippen LogP contribution in [-0.2, 0) is 14.3 Å². The molecule has 0 aromatic heterocycles. The van der Waals surface area contributed by atoms with Crippen LogP contribution in [0.3, 0.4) is 0 Å². The first-order valence-electron chi connectivity index (χ1n) is 4.28. The Morgan fingerprint density at radius 1 is 1.38 bits per heavy atom. The van der Waals surface area contributed by atoms with Gasteiger partial charge in [-0.2, -0.15) is 8.42 Å². The number of aliphatic hydroxyl groups excluding tert-OH is 1. The molecule has 0 aromatic rings. The minimum Gasteiger partial charge on any atom is -0.516 e. The fourth-order valence-electron chi connectivity index (χ4n) is 0.774. The monoisotopic (exact) mass is 208 g/mol. The molecule has 5 heteroatoms. The number of aliphatic hydroxyl groups is 1. The molecule has 0 unspecified atom stereocenters. The van der Waals surface area contributed by atoms with Crippen molar-refractivity contribution in [3.05, 3.63) is 12.3 Å². The van der Waals surface area contributed by atoms with Gasteiger partial charge in [-0.25, -0.2) is 0 Å². The van der Waals surface area contributed by atoms with E-state index in [1.54, 1.807) is 0 Å². The van der Waals surface area contributed by atoms with Crippen LogP contribution in [0.1, 0.15) is 26.2 Å². The lowest BCUT2D eigenvalue weighted by atomic mass is 10.3. The van der Waals surface area contributed by atoms with Gasteiger partial charge in [0.05, 0.1) is 18.6 Å². The van der Waals surface area contributed by atoms with Crippen LogP contribution in [0.4, 0.5) is 0 Å². The molecule has 0 rings (SSSR count). The van der Waals surface area contributed by atoms with E-state index in [0.717, 1.165) is 19.1 Å². The van der Waals surface area contributed by atoms with Gasteiger partial charge < -0.3 is 5.11 Å². The highest BCUT2D eigenvalue weighted by Gasteiger charge is 2.08. The fraction of sp³-hybridized carbons (Fsp3) is 0.750. The summed E-state index contributed by atoms with van der Waals surface area (Å²) < 4.78 is 26.6. The van der Waals surface area contributed by atoms with Crippen molar-refractivity contribution in [2.24, 2.45) is 0 Å². The summed E-state index contributed by atoms with van der Waals surface area (Å²) in [5.74, 6) is 0.0557. The molecule has 0 saturated carbocycles. The van der Waals surface area contributed by atoms with Gasteiger partial charge in [0.2, 0.25) is 0 Å². The van der Waals surface area contributed by atoms with E-state index < -0.39 is 10.1 Å². The first-order chi connectivity index (χ1) is 6.12. The Kier molecular flexibility index (Phi) is 6.62. The predicted octanol–water partition coefficient (Wildman–Crippen LogP) is 1.59. The zero-order chi connectivity index (χ0) is 10.2. The minimum atomic E-state index is -3.39. The number of rotatable bonds is 7. The molecule has 0 aliphatic heterocycles. The second kappa shape index (κ2) is 6.91. The summed E-state index contributed by atoms with van der Waals surface area (Å²) in [6, 6.07) is 0. The molecule has 0 bridgehead atoms. The van der Waals surface area contributed by atoms with Crippen LogP contribution in [0, 0.1) is 0 Å². The summed E-state index contributed by atoms with van der Waals surface area (Å²) >= 11 is 0. The van der Waals surface area contributed by atoms with E-state index in [0.29, 0.717) is 6.42 Å². The van der Waals surface area contributed by atoms with Gasteiger partial charge in [-0.3, -0.25) is 4.18 Å². The highest BCUT2D eigenvalue weighted by Crippen LogP contribution is 2.01. The number of unbranched alkanes of at least 4 members (excludes halogenated alkanes) is 2. The maximum absolute atomic E-state index is 11.0. The molecular weight excluding hydrogens is 192 g/mol. The molecular formula is C8H16O4S. The van der Waals surface area contributed by atoms with Gasteiger partial charge in [-0.05, 0) is 12.5 Å². The van der Waals surface area contributed by atoms with Gasteiger partial charge in [-0.1, -0.05) is 19.8 Å². The summed E-state index contributed by atoms with van der Waals surface area (Å²) in [6.45, 7) is 1.91.